The zero-order chi connectivity index (χ0) is 25.4. The topological polar surface area (TPSA) is 95.5 Å². The van der Waals surface area contributed by atoms with Crippen molar-refractivity contribution in [1.29, 1.82) is 0 Å². The Morgan fingerprint density at radius 1 is 0.972 bits per heavy atom. The maximum absolute atomic E-state index is 13.0. The number of nitrogens with one attached hydrogen (secondary N) is 1. The fraction of sp³-hybridized carbons (Fsp3) is 0.160. The maximum atomic E-state index is 13.0. The van der Waals surface area contributed by atoms with Gasteiger partial charge >= 0.3 is 10.2 Å². The van der Waals surface area contributed by atoms with E-state index in [0.29, 0.717) is 47.2 Å². The Labute approximate surface area is 218 Å². The van der Waals surface area contributed by atoms with E-state index in [2.05, 4.69) is 15.3 Å². The van der Waals surface area contributed by atoms with E-state index in [4.69, 9.17) is 23.2 Å². The smallest absolute Gasteiger partial charge is 0.303 e. The molecule has 0 bridgehead atoms. The van der Waals surface area contributed by atoms with E-state index in [0.717, 1.165) is 11.0 Å². The van der Waals surface area contributed by atoms with Crippen LogP contribution in [0.4, 0.5) is 11.4 Å². The van der Waals surface area contributed by atoms with Gasteiger partial charge < -0.3 is 5.32 Å². The van der Waals surface area contributed by atoms with Gasteiger partial charge in [-0.25, -0.2) is 4.98 Å². The summed E-state index contributed by atoms with van der Waals surface area (Å²) in [5, 5.41) is 3.46. The lowest BCUT2D eigenvalue weighted by molar-refractivity contribution is 0.102. The van der Waals surface area contributed by atoms with Gasteiger partial charge in [0.2, 0.25) is 0 Å². The Bertz CT molecular complexity index is 1600. The number of nitrogens with zero attached hydrogens (tertiary/aromatic N) is 4. The summed E-state index contributed by atoms with van der Waals surface area (Å²) in [5.41, 5.74) is 3.93. The average molecular weight is 542 g/mol. The van der Waals surface area contributed by atoms with Crippen LogP contribution >= 0.6 is 23.2 Å². The van der Waals surface area contributed by atoms with Crippen LogP contribution in [0, 0.1) is 0 Å². The van der Waals surface area contributed by atoms with Crippen LogP contribution in [-0.4, -0.2) is 48.7 Å². The van der Waals surface area contributed by atoms with Gasteiger partial charge in [-0.3, -0.25) is 14.1 Å². The summed E-state index contributed by atoms with van der Waals surface area (Å²) in [6.07, 6.45) is 2.39. The standard InChI is InChI=1S/C25H21Cl2N5O3S/c1-31-12-3-13-32(36(31,34)35)17-6-7-18(21(27)15-17)25(33)29-16-5-8-20(26)19(14-16)22-9-10-23-24(30-22)4-2-11-28-23/h2,4-11,14-15H,3,12-13H2,1H3,(H,29,33). The number of pyridine rings is 2. The molecule has 5 rings (SSSR count). The molecular weight excluding hydrogens is 521 g/mol. The molecule has 11 heteroatoms. The first kappa shape index (κ1) is 24.5. The number of benzene rings is 2. The fourth-order valence-corrected chi connectivity index (χ4v) is 5.96. The molecule has 0 spiro atoms. The highest BCUT2D eigenvalue weighted by molar-refractivity contribution is 7.90. The molecule has 184 valence electrons. The largest absolute Gasteiger partial charge is 0.322 e. The highest BCUT2D eigenvalue weighted by Crippen LogP contribution is 2.32. The molecule has 1 aliphatic rings. The number of carbonyl (C=O) groups is 1. The van der Waals surface area contributed by atoms with Crippen LogP contribution in [0.25, 0.3) is 22.3 Å². The number of aromatic nitrogens is 2. The summed E-state index contributed by atoms with van der Waals surface area (Å²) in [5.74, 6) is -0.436. The predicted octanol–water partition coefficient (Wildman–Crippen LogP) is 5.24. The van der Waals surface area contributed by atoms with Gasteiger partial charge in [-0.05, 0) is 67.1 Å². The van der Waals surface area contributed by atoms with Crippen molar-refractivity contribution in [2.75, 3.05) is 29.8 Å². The summed E-state index contributed by atoms with van der Waals surface area (Å²) in [6, 6.07) is 17.1. The molecule has 1 saturated heterocycles. The van der Waals surface area contributed by atoms with Crippen molar-refractivity contribution in [2.24, 2.45) is 0 Å². The number of fused-ring (bicyclic) bond motifs is 1. The van der Waals surface area contributed by atoms with Gasteiger partial charge in [-0.2, -0.15) is 12.7 Å². The van der Waals surface area contributed by atoms with Crippen molar-refractivity contribution in [3.63, 3.8) is 0 Å². The fourth-order valence-electron chi connectivity index (χ4n) is 4.05. The third-order valence-electron chi connectivity index (χ3n) is 5.95. The molecule has 1 aliphatic heterocycles. The zero-order valence-electron chi connectivity index (χ0n) is 19.1. The van der Waals surface area contributed by atoms with E-state index < -0.39 is 16.1 Å². The molecule has 0 atom stereocenters. The second-order valence-electron chi connectivity index (χ2n) is 8.31. The van der Waals surface area contributed by atoms with E-state index in [-0.39, 0.29) is 10.6 Å². The number of rotatable bonds is 4. The Kier molecular flexibility index (Phi) is 6.57. The van der Waals surface area contributed by atoms with Crippen LogP contribution < -0.4 is 9.62 Å². The molecule has 4 aromatic rings. The van der Waals surface area contributed by atoms with E-state index in [1.165, 1.54) is 27.8 Å². The number of amides is 1. The Morgan fingerprint density at radius 3 is 2.61 bits per heavy atom. The monoisotopic (exact) mass is 541 g/mol. The summed E-state index contributed by atoms with van der Waals surface area (Å²) in [7, 11) is -2.08. The van der Waals surface area contributed by atoms with Crippen molar-refractivity contribution in [2.45, 2.75) is 6.42 Å². The van der Waals surface area contributed by atoms with Crippen LogP contribution in [0.5, 0.6) is 0 Å². The quantitative estimate of drug-likeness (QED) is 0.381. The molecule has 0 radical (unpaired) electrons. The van der Waals surface area contributed by atoms with Gasteiger partial charge in [-0.15, -0.1) is 0 Å². The minimum absolute atomic E-state index is 0.145. The minimum Gasteiger partial charge on any atom is -0.322 e. The molecule has 1 fully saturated rings. The van der Waals surface area contributed by atoms with Gasteiger partial charge in [0.25, 0.3) is 5.91 Å². The van der Waals surface area contributed by atoms with Crippen LogP contribution in [0.3, 0.4) is 0 Å². The van der Waals surface area contributed by atoms with Crippen LogP contribution in [-0.2, 0) is 10.2 Å². The van der Waals surface area contributed by atoms with Gasteiger partial charge in [0.15, 0.2) is 0 Å². The van der Waals surface area contributed by atoms with Gasteiger partial charge in [-0.1, -0.05) is 23.2 Å². The Morgan fingerprint density at radius 2 is 1.81 bits per heavy atom. The normalized spacial score (nSPS) is 15.7. The van der Waals surface area contributed by atoms with Crippen LogP contribution in [0.15, 0.2) is 66.9 Å². The lowest BCUT2D eigenvalue weighted by atomic mass is 10.1. The van der Waals surface area contributed by atoms with Gasteiger partial charge in [0.05, 0.1) is 38.0 Å². The van der Waals surface area contributed by atoms with E-state index in [9.17, 15) is 13.2 Å². The van der Waals surface area contributed by atoms with E-state index >= 15 is 0 Å². The molecule has 3 heterocycles. The lowest BCUT2D eigenvalue weighted by Crippen LogP contribution is -2.48. The molecule has 0 unspecified atom stereocenters. The first-order chi connectivity index (χ1) is 17.2. The molecule has 8 nitrogen and oxygen atoms in total. The van der Waals surface area contributed by atoms with Crippen LogP contribution in [0.2, 0.25) is 10.0 Å². The first-order valence-corrected chi connectivity index (χ1v) is 13.3. The Balaban J connectivity index is 1.40. The SMILES string of the molecule is CN1CCCN(c2ccc(C(=O)Nc3ccc(Cl)c(-c4ccc5ncccc5n4)c3)c(Cl)c2)S1(=O)=O. The molecular formula is C25H21Cl2N5O3S. The molecule has 2 aromatic carbocycles. The molecule has 2 aromatic heterocycles. The Hall–Kier alpha value is -3.24. The summed E-state index contributed by atoms with van der Waals surface area (Å²) >= 11 is 12.9. The van der Waals surface area contributed by atoms with Gasteiger partial charge in [0, 0.05) is 37.6 Å². The molecule has 0 aliphatic carbocycles. The molecule has 0 saturated carbocycles. The molecule has 1 N–H and O–H groups in total. The lowest BCUT2D eigenvalue weighted by Gasteiger charge is -2.34. The third kappa shape index (κ3) is 4.62. The first-order valence-electron chi connectivity index (χ1n) is 11.1. The molecule has 36 heavy (non-hydrogen) atoms. The van der Waals surface area contributed by atoms with Crippen molar-refractivity contribution in [3.05, 3.63) is 82.5 Å². The second-order valence-corrected chi connectivity index (χ2v) is 11.1. The average Bonchev–Trinajstić information content (AvgIpc) is 2.86. The zero-order valence-corrected chi connectivity index (χ0v) is 21.5. The van der Waals surface area contributed by atoms with Crippen molar-refractivity contribution in [1.82, 2.24) is 14.3 Å². The number of hydrogen-bond acceptors (Lipinski definition) is 5. The van der Waals surface area contributed by atoms with Crippen molar-refractivity contribution < 1.29 is 13.2 Å². The highest BCUT2D eigenvalue weighted by atomic mass is 35.5. The van der Waals surface area contributed by atoms with E-state index in [1.807, 2.05) is 24.3 Å². The second kappa shape index (κ2) is 9.67. The summed E-state index contributed by atoms with van der Waals surface area (Å²) in [6.45, 7) is 0.808. The minimum atomic E-state index is -3.62. The highest BCUT2D eigenvalue weighted by Gasteiger charge is 2.31. The summed E-state index contributed by atoms with van der Waals surface area (Å²) in [4.78, 5) is 21.9. The van der Waals surface area contributed by atoms with Crippen molar-refractivity contribution in [3.8, 4) is 11.3 Å². The van der Waals surface area contributed by atoms with Crippen molar-refractivity contribution >= 4 is 61.7 Å². The van der Waals surface area contributed by atoms with E-state index in [1.54, 1.807) is 30.5 Å². The molecule has 1 amide bonds. The predicted molar refractivity (Wildman–Crippen MR) is 143 cm³/mol. The number of carbonyl (C=O) groups excluding carboxylic acids is 1. The maximum Gasteiger partial charge on any atom is 0.303 e. The van der Waals surface area contributed by atoms with Crippen LogP contribution in [0.1, 0.15) is 16.8 Å². The number of halogens is 2. The number of anilines is 2. The number of hydrogen-bond donors (Lipinski definition) is 1. The third-order valence-corrected chi connectivity index (χ3v) is 8.51. The summed E-state index contributed by atoms with van der Waals surface area (Å²) < 4.78 is 27.9. The van der Waals surface area contributed by atoms with Gasteiger partial charge in [0.1, 0.15) is 0 Å².